The highest BCUT2D eigenvalue weighted by Crippen LogP contribution is 2.27. The molecule has 2 aromatic heterocycles. The SMILES string of the molecule is COc1ccc(-c2nn(-c3ccccc3)cc2C(=O)Nc2cc(C(C)C)[nH]n2)cc1. The van der Waals surface area contributed by atoms with E-state index in [9.17, 15) is 4.79 Å². The average molecular weight is 401 g/mol. The number of nitrogens with zero attached hydrogens (tertiary/aromatic N) is 3. The molecule has 0 fully saturated rings. The molecule has 0 radical (unpaired) electrons. The van der Waals surface area contributed by atoms with E-state index in [1.807, 2.05) is 60.7 Å². The zero-order valence-electron chi connectivity index (χ0n) is 17.1. The number of methoxy groups -OCH3 is 1. The number of nitrogens with one attached hydrogen (secondary N) is 2. The lowest BCUT2D eigenvalue weighted by atomic mass is 10.1. The van der Waals surface area contributed by atoms with E-state index in [0.29, 0.717) is 23.0 Å². The van der Waals surface area contributed by atoms with Crippen molar-refractivity contribution in [2.45, 2.75) is 19.8 Å². The van der Waals surface area contributed by atoms with Crippen LogP contribution in [-0.2, 0) is 0 Å². The molecule has 0 bridgehead atoms. The predicted molar refractivity (Wildman–Crippen MR) is 116 cm³/mol. The molecule has 0 saturated heterocycles. The zero-order chi connectivity index (χ0) is 21.1. The normalized spacial score (nSPS) is 10.9. The first-order valence-electron chi connectivity index (χ1n) is 9.71. The second kappa shape index (κ2) is 8.24. The standard InChI is InChI=1S/C23H23N5O2/c1-15(2)20-13-21(26-25-20)24-23(29)19-14-28(17-7-5-4-6-8-17)27-22(19)16-9-11-18(30-3)12-10-16/h4-15H,1-3H3,(H2,24,25,26,29). The summed E-state index contributed by atoms with van der Waals surface area (Å²) < 4.78 is 6.95. The third-order valence-corrected chi connectivity index (χ3v) is 4.80. The molecule has 0 saturated carbocycles. The Bertz CT molecular complexity index is 1140. The van der Waals surface area contributed by atoms with Gasteiger partial charge in [-0.1, -0.05) is 32.0 Å². The van der Waals surface area contributed by atoms with Gasteiger partial charge in [0, 0.05) is 23.5 Å². The number of amides is 1. The van der Waals surface area contributed by atoms with Crippen LogP contribution in [0.4, 0.5) is 5.82 Å². The third kappa shape index (κ3) is 3.96. The average Bonchev–Trinajstić information content (AvgIpc) is 3.42. The van der Waals surface area contributed by atoms with Crippen molar-refractivity contribution >= 4 is 11.7 Å². The van der Waals surface area contributed by atoms with Gasteiger partial charge < -0.3 is 10.1 Å². The number of aromatic nitrogens is 4. The van der Waals surface area contributed by atoms with Gasteiger partial charge >= 0.3 is 0 Å². The number of ether oxygens (including phenoxy) is 1. The molecule has 4 rings (SSSR count). The fraction of sp³-hybridized carbons (Fsp3) is 0.174. The predicted octanol–water partition coefficient (Wildman–Crippen LogP) is 4.65. The molecule has 1 amide bonds. The number of rotatable bonds is 6. The van der Waals surface area contributed by atoms with Crippen LogP contribution in [0.1, 0.15) is 35.8 Å². The summed E-state index contributed by atoms with van der Waals surface area (Å²) in [6.07, 6.45) is 1.74. The Labute approximate surface area is 174 Å². The van der Waals surface area contributed by atoms with Gasteiger partial charge in [0.25, 0.3) is 5.91 Å². The van der Waals surface area contributed by atoms with E-state index in [1.54, 1.807) is 18.0 Å². The molecule has 30 heavy (non-hydrogen) atoms. The summed E-state index contributed by atoms with van der Waals surface area (Å²) in [5.74, 6) is 1.24. The Morgan fingerprint density at radius 2 is 1.83 bits per heavy atom. The minimum Gasteiger partial charge on any atom is -0.497 e. The van der Waals surface area contributed by atoms with Crippen LogP contribution in [0.5, 0.6) is 5.75 Å². The third-order valence-electron chi connectivity index (χ3n) is 4.80. The van der Waals surface area contributed by atoms with Crippen molar-refractivity contribution in [2.24, 2.45) is 0 Å². The molecule has 0 unspecified atom stereocenters. The van der Waals surface area contributed by atoms with Crippen LogP contribution >= 0.6 is 0 Å². The van der Waals surface area contributed by atoms with Gasteiger partial charge in [0.15, 0.2) is 5.82 Å². The van der Waals surface area contributed by atoms with Crippen molar-refractivity contribution in [3.05, 3.63) is 78.1 Å². The summed E-state index contributed by atoms with van der Waals surface area (Å²) in [6.45, 7) is 4.12. The van der Waals surface area contributed by atoms with E-state index < -0.39 is 0 Å². The zero-order valence-corrected chi connectivity index (χ0v) is 17.1. The van der Waals surface area contributed by atoms with Gasteiger partial charge in [0.1, 0.15) is 11.4 Å². The van der Waals surface area contributed by atoms with Gasteiger partial charge in [-0.2, -0.15) is 10.2 Å². The highest BCUT2D eigenvalue weighted by Gasteiger charge is 2.20. The van der Waals surface area contributed by atoms with Crippen molar-refractivity contribution in [3.8, 4) is 22.7 Å². The van der Waals surface area contributed by atoms with Gasteiger partial charge in [0.2, 0.25) is 0 Å². The number of benzene rings is 2. The van der Waals surface area contributed by atoms with Crippen LogP contribution in [0.2, 0.25) is 0 Å². The Balaban J connectivity index is 1.72. The van der Waals surface area contributed by atoms with Crippen molar-refractivity contribution in [1.29, 1.82) is 0 Å². The molecule has 2 heterocycles. The van der Waals surface area contributed by atoms with Crippen LogP contribution in [0.3, 0.4) is 0 Å². The largest absolute Gasteiger partial charge is 0.497 e. The fourth-order valence-corrected chi connectivity index (χ4v) is 3.10. The van der Waals surface area contributed by atoms with Crippen LogP contribution in [0.15, 0.2) is 66.9 Å². The molecule has 0 atom stereocenters. The maximum Gasteiger partial charge on any atom is 0.260 e. The van der Waals surface area contributed by atoms with E-state index in [2.05, 4.69) is 34.5 Å². The minimum absolute atomic E-state index is 0.273. The Morgan fingerprint density at radius 1 is 1.10 bits per heavy atom. The van der Waals surface area contributed by atoms with E-state index in [4.69, 9.17) is 4.74 Å². The maximum absolute atomic E-state index is 13.1. The first-order valence-corrected chi connectivity index (χ1v) is 9.71. The van der Waals surface area contributed by atoms with Crippen molar-refractivity contribution < 1.29 is 9.53 Å². The molecule has 2 aromatic carbocycles. The summed E-state index contributed by atoms with van der Waals surface area (Å²) >= 11 is 0. The summed E-state index contributed by atoms with van der Waals surface area (Å²) in [4.78, 5) is 13.1. The van der Waals surface area contributed by atoms with Crippen LogP contribution in [0, 0.1) is 0 Å². The topological polar surface area (TPSA) is 84.8 Å². The lowest BCUT2D eigenvalue weighted by Gasteiger charge is -2.04. The molecule has 2 N–H and O–H groups in total. The lowest BCUT2D eigenvalue weighted by molar-refractivity contribution is 0.102. The minimum atomic E-state index is -0.273. The van der Waals surface area contributed by atoms with Gasteiger partial charge in [0.05, 0.1) is 18.4 Å². The van der Waals surface area contributed by atoms with E-state index in [0.717, 1.165) is 22.7 Å². The summed E-state index contributed by atoms with van der Waals surface area (Å²) in [5.41, 5.74) is 3.69. The molecule has 152 valence electrons. The van der Waals surface area contributed by atoms with Gasteiger partial charge in [-0.15, -0.1) is 0 Å². The molecular formula is C23H23N5O2. The maximum atomic E-state index is 13.1. The first kappa shape index (κ1) is 19.4. The summed E-state index contributed by atoms with van der Waals surface area (Å²) in [5, 5.41) is 14.7. The fourth-order valence-electron chi connectivity index (χ4n) is 3.10. The quantitative estimate of drug-likeness (QED) is 0.493. The highest BCUT2D eigenvalue weighted by atomic mass is 16.5. The monoisotopic (exact) mass is 401 g/mol. The number of H-pyrrole nitrogens is 1. The number of hydrogen-bond donors (Lipinski definition) is 2. The number of aromatic amines is 1. The molecule has 7 nitrogen and oxygen atoms in total. The number of carbonyl (C=O) groups is 1. The van der Waals surface area contributed by atoms with E-state index >= 15 is 0 Å². The van der Waals surface area contributed by atoms with Crippen LogP contribution in [-0.4, -0.2) is 33.0 Å². The van der Waals surface area contributed by atoms with Gasteiger partial charge in [-0.3, -0.25) is 9.89 Å². The summed E-state index contributed by atoms with van der Waals surface area (Å²) in [7, 11) is 1.62. The van der Waals surface area contributed by atoms with Crippen LogP contribution < -0.4 is 10.1 Å². The van der Waals surface area contributed by atoms with Crippen molar-refractivity contribution in [1.82, 2.24) is 20.0 Å². The number of para-hydroxylation sites is 1. The Hall–Kier alpha value is -3.87. The van der Waals surface area contributed by atoms with Crippen LogP contribution in [0.25, 0.3) is 16.9 Å². The molecule has 0 aliphatic rings. The molecule has 0 spiro atoms. The number of anilines is 1. The Kier molecular flexibility index (Phi) is 5.34. The first-order chi connectivity index (χ1) is 14.5. The lowest BCUT2D eigenvalue weighted by Crippen LogP contribution is -2.12. The number of carbonyl (C=O) groups excluding carboxylic acids is 1. The summed E-state index contributed by atoms with van der Waals surface area (Å²) in [6, 6.07) is 19.0. The molecule has 4 aromatic rings. The smallest absolute Gasteiger partial charge is 0.260 e. The van der Waals surface area contributed by atoms with Crippen molar-refractivity contribution in [2.75, 3.05) is 12.4 Å². The number of hydrogen-bond acceptors (Lipinski definition) is 4. The molecule has 0 aliphatic carbocycles. The van der Waals surface area contributed by atoms with Gasteiger partial charge in [-0.25, -0.2) is 4.68 Å². The second-order valence-electron chi connectivity index (χ2n) is 7.22. The van der Waals surface area contributed by atoms with Crippen molar-refractivity contribution in [3.63, 3.8) is 0 Å². The molecule has 7 heteroatoms. The van der Waals surface area contributed by atoms with E-state index in [-0.39, 0.29) is 5.91 Å². The second-order valence-corrected chi connectivity index (χ2v) is 7.22. The molecular weight excluding hydrogens is 378 g/mol. The van der Waals surface area contributed by atoms with Gasteiger partial charge in [-0.05, 0) is 42.3 Å². The molecule has 0 aliphatic heterocycles. The Morgan fingerprint density at radius 3 is 2.47 bits per heavy atom. The van der Waals surface area contributed by atoms with E-state index in [1.165, 1.54) is 0 Å². The highest BCUT2D eigenvalue weighted by molar-refractivity contribution is 6.07.